The number of aromatic nitrogens is 3. The first-order chi connectivity index (χ1) is 15.4. The maximum atomic E-state index is 14.1. The molecule has 2 aromatic carbocycles. The van der Waals surface area contributed by atoms with Crippen LogP contribution in [0.25, 0.3) is 11.8 Å². The standard InChI is InChI=1S/C22H19BrN3O5P/c1-30-32(29,31-2)22-17-16-11-7-6-8-14(16)12-13-21(23,18(17)22)25-19(27)24(20(28)26(22)25)15-9-4-3-5-10-15/h3-13,17-18H,1-2H3. The Kier molecular flexibility index (Phi) is 3.99. The maximum Gasteiger partial charge on any atom is 0.358 e. The fraction of sp³-hybridized carbons (Fsp3) is 0.273. The van der Waals surface area contributed by atoms with Gasteiger partial charge in [-0.05, 0) is 29.3 Å². The number of hydrogen-bond donors (Lipinski definition) is 0. The fourth-order valence-corrected chi connectivity index (χ4v) is 9.32. The lowest BCUT2D eigenvalue weighted by Gasteiger charge is -2.26. The minimum atomic E-state index is -3.89. The van der Waals surface area contributed by atoms with E-state index < -0.39 is 34.6 Å². The molecule has 1 saturated carbocycles. The van der Waals surface area contributed by atoms with E-state index in [2.05, 4.69) is 15.9 Å². The minimum Gasteiger partial charge on any atom is -0.310 e. The lowest BCUT2D eigenvalue weighted by Crippen LogP contribution is -2.38. The molecule has 10 heteroatoms. The zero-order valence-corrected chi connectivity index (χ0v) is 19.7. The first-order valence-electron chi connectivity index (χ1n) is 10.1. The van der Waals surface area contributed by atoms with Crippen molar-refractivity contribution >= 4 is 29.6 Å². The second kappa shape index (κ2) is 6.32. The van der Waals surface area contributed by atoms with Gasteiger partial charge in [0.1, 0.15) is 4.45 Å². The van der Waals surface area contributed by atoms with Crippen molar-refractivity contribution in [3.8, 4) is 5.69 Å². The molecular formula is C22H19BrN3O5P. The van der Waals surface area contributed by atoms with E-state index in [1.807, 2.05) is 36.4 Å². The molecule has 1 aromatic heterocycles. The van der Waals surface area contributed by atoms with E-state index >= 15 is 0 Å². The molecule has 0 spiro atoms. The van der Waals surface area contributed by atoms with Crippen molar-refractivity contribution in [2.45, 2.75) is 15.6 Å². The fourth-order valence-electron chi connectivity index (χ4n) is 5.70. The van der Waals surface area contributed by atoms with Gasteiger partial charge >= 0.3 is 19.0 Å². The van der Waals surface area contributed by atoms with Crippen LogP contribution in [-0.4, -0.2) is 28.2 Å². The van der Waals surface area contributed by atoms with Gasteiger partial charge in [0.15, 0.2) is 5.28 Å². The number of fused-ring (bicyclic) bond motifs is 6. The summed E-state index contributed by atoms with van der Waals surface area (Å²) >= 11 is 3.78. The van der Waals surface area contributed by atoms with E-state index in [1.54, 1.807) is 30.3 Å². The van der Waals surface area contributed by atoms with Gasteiger partial charge in [-0.25, -0.2) is 23.5 Å². The lowest BCUT2D eigenvalue weighted by atomic mass is 10.0. The van der Waals surface area contributed by atoms with Crippen LogP contribution in [0.15, 0.2) is 70.3 Å². The van der Waals surface area contributed by atoms with E-state index in [0.717, 1.165) is 15.7 Å². The Morgan fingerprint density at radius 1 is 0.938 bits per heavy atom. The Morgan fingerprint density at radius 2 is 1.56 bits per heavy atom. The van der Waals surface area contributed by atoms with E-state index in [-0.39, 0.29) is 5.92 Å². The van der Waals surface area contributed by atoms with Crippen molar-refractivity contribution < 1.29 is 13.6 Å². The summed E-state index contributed by atoms with van der Waals surface area (Å²) in [6.07, 6.45) is 3.78. The third kappa shape index (κ3) is 2.04. The summed E-state index contributed by atoms with van der Waals surface area (Å²) in [5.74, 6) is -0.783. The SMILES string of the molecule is COP(=O)(OC)C12C3c4ccccc4C=CC(Br)(C31)n1c(=O)n(-c3ccccc3)c(=O)n12. The summed E-state index contributed by atoms with van der Waals surface area (Å²) in [5.41, 5.74) is 1.19. The van der Waals surface area contributed by atoms with Crippen LogP contribution < -0.4 is 11.4 Å². The first kappa shape index (κ1) is 20.2. The highest BCUT2D eigenvalue weighted by atomic mass is 79.9. The number of benzene rings is 2. The van der Waals surface area contributed by atoms with Crippen molar-refractivity contribution in [1.82, 2.24) is 13.9 Å². The Bertz CT molecular complexity index is 1470. The molecule has 1 fully saturated rings. The van der Waals surface area contributed by atoms with E-state index in [1.165, 1.54) is 23.6 Å². The van der Waals surface area contributed by atoms with Crippen molar-refractivity contribution in [3.05, 3.63) is 92.8 Å². The molecule has 32 heavy (non-hydrogen) atoms. The molecule has 3 aliphatic rings. The minimum absolute atomic E-state index is 0.359. The number of alkyl halides is 1. The molecule has 0 amide bonds. The molecule has 1 aliphatic heterocycles. The predicted molar refractivity (Wildman–Crippen MR) is 122 cm³/mol. The quantitative estimate of drug-likeness (QED) is 0.392. The molecule has 0 N–H and O–H groups in total. The summed E-state index contributed by atoms with van der Waals surface area (Å²) in [6, 6.07) is 16.4. The highest BCUT2D eigenvalue weighted by Gasteiger charge is 2.88. The molecule has 0 bridgehead atoms. The van der Waals surface area contributed by atoms with Gasteiger partial charge in [0.25, 0.3) is 0 Å². The molecule has 0 radical (unpaired) electrons. The molecule has 2 heterocycles. The second-order valence-corrected chi connectivity index (χ2v) is 11.9. The van der Waals surface area contributed by atoms with Crippen molar-refractivity contribution in [1.29, 1.82) is 0 Å². The summed E-state index contributed by atoms with van der Waals surface area (Å²) in [7, 11) is -1.26. The smallest absolute Gasteiger partial charge is 0.310 e. The van der Waals surface area contributed by atoms with Gasteiger partial charge in [-0.15, -0.1) is 0 Å². The van der Waals surface area contributed by atoms with Gasteiger partial charge in [0.05, 0.1) is 5.69 Å². The largest absolute Gasteiger partial charge is 0.358 e. The Hall–Kier alpha value is -2.45. The second-order valence-electron chi connectivity index (χ2n) is 8.15. The van der Waals surface area contributed by atoms with E-state index in [4.69, 9.17) is 9.05 Å². The van der Waals surface area contributed by atoms with Gasteiger partial charge in [-0.1, -0.05) is 64.5 Å². The van der Waals surface area contributed by atoms with Gasteiger partial charge in [-0.3, -0.25) is 4.57 Å². The van der Waals surface area contributed by atoms with Crippen LogP contribution in [0.5, 0.6) is 0 Å². The monoisotopic (exact) mass is 515 g/mol. The van der Waals surface area contributed by atoms with Crippen molar-refractivity contribution in [3.63, 3.8) is 0 Å². The first-order valence-corrected chi connectivity index (χ1v) is 12.4. The normalized spacial score (nSPS) is 29.2. The third-order valence-corrected chi connectivity index (χ3v) is 10.6. The number of nitrogens with zero attached hydrogens (tertiary/aromatic N) is 3. The van der Waals surface area contributed by atoms with Gasteiger partial charge in [-0.2, -0.15) is 0 Å². The topological polar surface area (TPSA) is 84.5 Å². The molecule has 8 nitrogen and oxygen atoms in total. The highest BCUT2D eigenvalue weighted by Crippen LogP contribution is 2.88. The molecule has 4 unspecified atom stereocenters. The van der Waals surface area contributed by atoms with Crippen molar-refractivity contribution in [2.75, 3.05) is 14.2 Å². The third-order valence-electron chi connectivity index (χ3n) is 6.95. The molecule has 0 saturated heterocycles. The van der Waals surface area contributed by atoms with E-state index in [9.17, 15) is 14.2 Å². The average molecular weight is 516 g/mol. The number of para-hydroxylation sites is 1. The molecule has 2 aliphatic carbocycles. The predicted octanol–water partition coefficient (Wildman–Crippen LogP) is 3.44. The molecule has 3 aromatic rings. The summed E-state index contributed by atoms with van der Waals surface area (Å²) in [4.78, 5) is 27.5. The lowest BCUT2D eigenvalue weighted by molar-refractivity contribution is 0.241. The van der Waals surface area contributed by atoms with Crippen LogP contribution in [-0.2, 0) is 23.3 Å². The summed E-state index contributed by atoms with van der Waals surface area (Å²) in [5, 5.41) is -1.36. The zero-order chi connectivity index (χ0) is 22.5. The van der Waals surface area contributed by atoms with Gasteiger partial charge < -0.3 is 9.05 Å². The number of hydrogen-bond acceptors (Lipinski definition) is 5. The number of allylic oxidation sites excluding steroid dienone is 1. The van der Waals surface area contributed by atoms with Crippen LogP contribution in [0.4, 0.5) is 0 Å². The molecule has 4 atom stereocenters. The van der Waals surface area contributed by atoms with Crippen LogP contribution in [0, 0.1) is 5.92 Å². The summed E-state index contributed by atoms with van der Waals surface area (Å²) in [6.45, 7) is 0. The highest BCUT2D eigenvalue weighted by molar-refractivity contribution is 9.09. The Morgan fingerprint density at radius 3 is 2.25 bits per heavy atom. The number of halogens is 1. The maximum absolute atomic E-state index is 14.1. The van der Waals surface area contributed by atoms with Crippen molar-refractivity contribution in [2.24, 2.45) is 5.92 Å². The Balaban J connectivity index is 1.76. The Labute approximate surface area is 191 Å². The summed E-state index contributed by atoms with van der Waals surface area (Å²) < 4.78 is 27.8. The van der Waals surface area contributed by atoms with Crippen LogP contribution in [0.3, 0.4) is 0 Å². The molecular weight excluding hydrogens is 497 g/mol. The molecule has 6 rings (SSSR count). The number of rotatable bonds is 4. The van der Waals surface area contributed by atoms with Gasteiger partial charge in [0.2, 0.25) is 0 Å². The zero-order valence-electron chi connectivity index (χ0n) is 17.2. The average Bonchev–Trinajstić information content (AvgIpc) is 3.39. The molecule has 164 valence electrons. The van der Waals surface area contributed by atoms with Gasteiger partial charge in [0, 0.05) is 26.1 Å². The van der Waals surface area contributed by atoms with Crippen LogP contribution in [0.1, 0.15) is 17.0 Å². The van der Waals surface area contributed by atoms with E-state index in [0.29, 0.717) is 5.69 Å². The van der Waals surface area contributed by atoms with Crippen LogP contribution in [0.2, 0.25) is 0 Å². The van der Waals surface area contributed by atoms with Crippen LogP contribution >= 0.6 is 23.5 Å².